The van der Waals surface area contributed by atoms with Gasteiger partial charge in [0.25, 0.3) is 0 Å². The van der Waals surface area contributed by atoms with E-state index in [1.807, 2.05) is 0 Å². The number of hydrogen-bond donors (Lipinski definition) is 0. The number of fused-ring (bicyclic) bond motifs is 6. The minimum absolute atomic E-state index is 0.0843. The van der Waals surface area contributed by atoms with Gasteiger partial charge in [0.05, 0.1) is 26.0 Å². The van der Waals surface area contributed by atoms with Crippen molar-refractivity contribution in [3.05, 3.63) is 157 Å². The molecule has 9 rings (SSSR count). The number of rotatable bonds is 3. The van der Waals surface area contributed by atoms with Gasteiger partial charge in [0.15, 0.2) is 0 Å². The minimum Gasteiger partial charge on any atom is -0.456 e. The van der Waals surface area contributed by atoms with E-state index < -0.39 is 115 Å². The van der Waals surface area contributed by atoms with Crippen molar-refractivity contribution in [1.82, 2.24) is 0 Å². The molecule has 0 N–H and O–H groups in total. The van der Waals surface area contributed by atoms with Crippen molar-refractivity contribution in [2.75, 3.05) is 0 Å². The Kier molecular flexibility index (Phi) is 2.61. The van der Waals surface area contributed by atoms with E-state index in [1.54, 1.807) is 24.3 Å². The Hall–Kier alpha value is -5.66. The summed E-state index contributed by atoms with van der Waals surface area (Å²) in [5.74, 6) is 0. The lowest BCUT2D eigenvalue weighted by molar-refractivity contribution is 0.669. The van der Waals surface area contributed by atoms with Crippen molar-refractivity contribution in [3.63, 3.8) is 0 Å². The van der Waals surface area contributed by atoms with E-state index in [9.17, 15) is 5.48 Å². The average molecular weight is 566 g/mol. The second-order valence-corrected chi connectivity index (χ2v) is 9.82. The Labute approximate surface area is 275 Å². The predicted octanol–water partition coefficient (Wildman–Crippen LogP) is 12.0. The molecule has 0 aliphatic carbocycles. The maximum absolute atomic E-state index is 9.82. The van der Waals surface area contributed by atoms with Crippen molar-refractivity contribution in [2.45, 2.75) is 0 Å². The summed E-state index contributed by atoms with van der Waals surface area (Å²) >= 11 is 0. The van der Waals surface area contributed by atoms with E-state index >= 15 is 0 Å². The van der Waals surface area contributed by atoms with Gasteiger partial charge in [-0.2, -0.15) is 0 Å². The topological polar surface area (TPSA) is 13.1 Å². The zero-order chi connectivity index (χ0) is 44.9. The fourth-order valence-corrected chi connectivity index (χ4v) is 5.63. The SMILES string of the molecule is [2H]c1c([2H])c([2H])c(-c2ccc3c(-c4c([2H])c([2H])c([2H])c([2H])c4[2H])c4ccccc4c(-c4c([2H])c([2H])c5oc6c([2H])c7c([2H])c([2H])c([2H])c([2H])c7c([2H])c6c5c4[2H])c3c2)c([2H])c1[2H]. The standard InChI is InChI=1S/C42H26O/c1-3-11-27(12-4-1)31-19-21-35-38(24-31)42(34-18-10-9-17-33(34)41(35)28-13-5-2-6-14-28)32-20-22-39-36(25-32)37-23-29-15-7-8-16-30(29)26-40(37)43-39/h1-26H/i1D,2D,3D,4D,5D,6D,7D,8D,11D,12D,13D,14D,15D,16D,20D,22D,23D,25D,26D. The van der Waals surface area contributed by atoms with Crippen LogP contribution in [0, 0.1) is 0 Å². The summed E-state index contributed by atoms with van der Waals surface area (Å²) in [5.41, 5.74) is -1.01. The predicted molar refractivity (Wildman–Crippen MR) is 183 cm³/mol. The fraction of sp³-hybridized carbons (Fsp3) is 0. The molecule has 0 saturated carbocycles. The van der Waals surface area contributed by atoms with Crippen LogP contribution in [0.5, 0.6) is 0 Å². The summed E-state index contributed by atoms with van der Waals surface area (Å²) in [6.45, 7) is 0. The van der Waals surface area contributed by atoms with Gasteiger partial charge in [0, 0.05) is 10.8 Å². The van der Waals surface area contributed by atoms with Crippen molar-refractivity contribution in [3.8, 4) is 33.4 Å². The van der Waals surface area contributed by atoms with Crippen LogP contribution >= 0.6 is 0 Å². The molecule has 0 fully saturated rings. The summed E-state index contributed by atoms with van der Waals surface area (Å²) in [5, 5.41) is -0.187. The van der Waals surface area contributed by atoms with E-state index in [4.69, 9.17) is 25.0 Å². The Morgan fingerprint density at radius 3 is 1.74 bits per heavy atom. The van der Waals surface area contributed by atoms with Gasteiger partial charge in [-0.25, -0.2) is 0 Å². The fourth-order valence-electron chi connectivity index (χ4n) is 5.63. The molecule has 0 bridgehead atoms. The quantitative estimate of drug-likeness (QED) is 0.194. The van der Waals surface area contributed by atoms with Crippen molar-refractivity contribution >= 4 is 54.3 Å². The van der Waals surface area contributed by atoms with Crippen LogP contribution in [0.1, 0.15) is 26.0 Å². The molecule has 0 unspecified atom stereocenters. The summed E-state index contributed by atoms with van der Waals surface area (Å²) in [6.07, 6.45) is 0. The summed E-state index contributed by atoms with van der Waals surface area (Å²) in [4.78, 5) is 0. The van der Waals surface area contributed by atoms with E-state index in [2.05, 4.69) is 0 Å². The molecule has 9 aromatic rings. The second kappa shape index (κ2) is 9.44. The second-order valence-electron chi connectivity index (χ2n) is 9.82. The first-order chi connectivity index (χ1) is 29.2. The molecular formula is C42H26O. The van der Waals surface area contributed by atoms with Crippen LogP contribution in [-0.2, 0) is 0 Å². The lowest BCUT2D eigenvalue weighted by Crippen LogP contribution is -1.91. The van der Waals surface area contributed by atoms with Crippen LogP contribution < -0.4 is 0 Å². The van der Waals surface area contributed by atoms with E-state index in [1.165, 1.54) is 18.2 Å². The zero-order valence-electron chi connectivity index (χ0n) is 40.9. The number of benzene rings is 8. The van der Waals surface area contributed by atoms with Gasteiger partial charge >= 0.3 is 0 Å². The van der Waals surface area contributed by atoms with Gasteiger partial charge in [0.1, 0.15) is 11.2 Å². The van der Waals surface area contributed by atoms with Crippen LogP contribution in [0.3, 0.4) is 0 Å². The minimum atomic E-state index is -0.656. The Bertz CT molecular complexity index is 3520. The Balaban J connectivity index is 1.53. The third-order valence-electron chi connectivity index (χ3n) is 7.45. The zero-order valence-corrected chi connectivity index (χ0v) is 21.9. The van der Waals surface area contributed by atoms with Gasteiger partial charge in [-0.3, -0.25) is 0 Å². The molecule has 1 heteroatoms. The first-order valence-electron chi connectivity index (χ1n) is 22.7. The molecule has 200 valence electrons. The highest BCUT2D eigenvalue weighted by Gasteiger charge is 2.19. The molecule has 0 aliphatic rings. The Morgan fingerprint density at radius 2 is 1.00 bits per heavy atom. The third kappa shape index (κ3) is 3.79. The highest BCUT2D eigenvalue weighted by atomic mass is 16.3. The summed E-state index contributed by atoms with van der Waals surface area (Å²) < 4.78 is 172. The van der Waals surface area contributed by atoms with Crippen LogP contribution in [-0.4, -0.2) is 0 Å². The molecule has 0 radical (unpaired) electrons. The van der Waals surface area contributed by atoms with Crippen LogP contribution in [0.4, 0.5) is 0 Å². The lowest BCUT2D eigenvalue weighted by Gasteiger charge is -2.19. The maximum atomic E-state index is 9.82. The van der Waals surface area contributed by atoms with E-state index in [0.29, 0.717) is 5.39 Å². The third-order valence-corrected chi connectivity index (χ3v) is 7.45. The normalized spacial score (nSPS) is 17.9. The first kappa shape index (κ1) is 11.9. The first-order valence-corrected chi connectivity index (χ1v) is 13.2. The van der Waals surface area contributed by atoms with Crippen molar-refractivity contribution in [2.24, 2.45) is 0 Å². The smallest absolute Gasteiger partial charge is 0.136 e. The molecule has 1 aromatic heterocycles. The summed E-state index contributed by atoms with van der Waals surface area (Å²) in [7, 11) is 0. The molecule has 0 atom stereocenters. The Morgan fingerprint density at radius 1 is 0.395 bits per heavy atom. The average Bonchev–Trinajstić information content (AvgIpc) is 3.68. The molecular weight excluding hydrogens is 520 g/mol. The van der Waals surface area contributed by atoms with Gasteiger partial charge in [-0.15, -0.1) is 0 Å². The van der Waals surface area contributed by atoms with Crippen molar-refractivity contribution in [1.29, 1.82) is 0 Å². The highest BCUT2D eigenvalue weighted by Crippen LogP contribution is 2.46. The lowest BCUT2D eigenvalue weighted by atomic mass is 9.84. The van der Waals surface area contributed by atoms with Gasteiger partial charge in [-0.1, -0.05) is 127 Å². The van der Waals surface area contributed by atoms with Gasteiger partial charge in [0.2, 0.25) is 0 Å². The monoisotopic (exact) mass is 565 g/mol. The highest BCUT2D eigenvalue weighted by molar-refractivity contribution is 6.23. The van der Waals surface area contributed by atoms with Crippen molar-refractivity contribution < 1.29 is 30.5 Å². The van der Waals surface area contributed by atoms with Crippen LogP contribution in [0.25, 0.3) is 87.6 Å². The molecule has 0 aliphatic heterocycles. The molecule has 8 aromatic carbocycles. The molecule has 0 spiro atoms. The molecule has 1 heterocycles. The van der Waals surface area contributed by atoms with Gasteiger partial charge in [-0.05, 0) is 95.9 Å². The molecule has 0 amide bonds. The number of furan rings is 1. The van der Waals surface area contributed by atoms with Crippen LogP contribution in [0.2, 0.25) is 0 Å². The largest absolute Gasteiger partial charge is 0.456 e. The molecule has 0 saturated heterocycles. The maximum Gasteiger partial charge on any atom is 0.136 e. The molecule has 43 heavy (non-hydrogen) atoms. The summed E-state index contributed by atoms with van der Waals surface area (Å²) in [6, 6.07) is -0.167. The van der Waals surface area contributed by atoms with Gasteiger partial charge < -0.3 is 4.42 Å². The number of hydrogen-bond acceptors (Lipinski definition) is 1. The molecule has 1 nitrogen and oxygen atoms in total. The van der Waals surface area contributed by atoms with E-state index in [0.717, 1.165) is 0 Å². The van der Waals surface area contributed by atoms with E-state index in [-0.39, 0.29) is 82.3 Å². The van der Waals surface area contributed by atoms with Crippen LogP contribution in [0.15, 0.2) is 162 Å².